The second kappa shape index (κ2) is 9.91. The van der Waals surface area contributed by atoms with Crippen LogP contribution in [0, 0.1) is 0 Å². The maximum atomic E-state index is 7.41. The number of hydrogen-bond donors (Lipinski definition) is 0. The summed E-state index contributed by atoms with van der Waals surface area (Å²) in [6.45, 7) is 0.738. The lowest BCUT2D eigenvalue weighted by Gasteiger charge is -2.17. The Morgan fingerprint density at radius 2 is 1.39 bits per heavy atom. The zero-order chi connectivity index (χ0) is 22.3. The number of ether oxygens (including phenoxy) is 1. The molecule has 0 aliphatic carbocycles. The Balaban J connectivity index is 1.88. The summed E-state index contributed by atoms with van der Waals surface area (Å²) >= 11 is 0. The van der Waals surface area contributed by atoms with E-state index in [0.717, 1.165) is 17.7 Å². The maximum Gasteiger partial charge on any atom is 0.119 e. The van der Waals surface area contributed by atoms with E-state index in [1.54, 1.807) is 7.05 Å². The average Bonchev–Trinajstić information content (AvgIpc) is 2.78. The largest absolute Gasteiger partial charge is 0.492 e. The van der Waals surface area contributed by atoms with Crippen LogP contribution in [0.5, 0.6) is 5.75 Å². The van der Waals surface area contributed by atoms with Crippen LogP contribution in [0.15, 0.2) is 84.9 Å². The van der Waals surface area contributed by atoms with Gasteiger partial charge in [0, 0.05) is 10.7 Å². The van der Waals surface area contributed by atoms with Crippen molar-refractivity contribution in [2.45, 2.75) is 13.3 Å². The number of hydrogen-bond acceptors (Lipinski definition) is 2. The number of rotatable bonds is 8. The van der Waals surface area contributed by atoms with E-state index < -0.39 is 6.98 Å². The lowest BCUT2D eigenvalue weighted by molar-refractivity contribution is 0.261. The zero-order valence-electron chi connectivity index (χ0n) is 19.6. The van der Waals surface area contributed by atoms with Gasteiger partial charge in [-0.05, 0) is 60.4 Å². The van der Waals surface area contributed by atoms with E-state index in [2.05, 4.69) is 67.6 Å². The normalized spacial score (nSPS) is 14.0. The molecule has 3 rings (SSSR count). The van der Waals surface area contributed by atoms with Crippen LogP contribution in [-0.2, 0) is 0 Å². The van der Waals surface area contributed by atoms with Gasteiger partial charge in [-0.15, -0.1) is 0 Å². The van der Waals surface area contributed by atoms with Crippen LogP contribution < -0.4 is 4.74 Å². The molecule has 2 heteroatoms. The first-order valence-corrected chi connectivity index (χ1v) is 9.68. The summed E-state index contributed by atoms with van der Waals surface area (Å²) < 4.78 is 28.0. The molecule has 0 heterocycles. The molecule has 0 spiro atoms. The highest BCUT2D eigenvalue weighted by atomic mass is 16.5. The van der Waals surface area contributed by atoms with Gasteiger partial charge in [0.1, 0.15) is 12.4 Å². The first-order valence-electron chi connectivity index (χ1n) is 11.2. The van der Waals surface area contributed by atoms with Gasteiger partial charge in [0.15, 0.2) is 0 Å². The third-order valence-electron chi connectivity index (χ3n) is 4.68. The number of benzene rings is 3. The van der Waals surface area contributed by atoms with E-state index in [-0.39, 0.29) is 0 Å². The fraction of sp³-hybridized carbons (Fsp3) is 0.231. The van der Waals surface area contributed by atoms with Crippen LogP contribution in [0.1, 0.15) is 34.1 Å². The molecule has 3 aromatic carbocycles. The molecule has 0 bridgehead atoms. The SMILES string of the molecule is [2H]C([2H])([2H])N(C)CCOc1ccc(/C(=C(/CC)c2ccccc2)c2ccccc2)cc1. The maximum absolute atomic E-state index is 7.41. The second-order valence-corrected chi connectivity index (χ2v) is 6.73. The van der Waals surface area contributed by atoms with Crippen molar-refractivity contribution in [2.75, 3.05) is 27.2 Å². The number of likely N-dealkylation sites (N-methyl/N-ethyl adjacent to an activating group) is 1. The molecule has 0 N–H and O–H groups in total. The summed E-state index contributed by atoms with van der Waals surface area (Å²) in [5, 5.41) is 0. The summed E-state index contributed by atoms with van der Waals surface area (Å²) in [6, 6.07) is 29.0. The topological polar surface area (TPSA) is 12.5 Å². The van der Waals surface area contributed by atoms with Gasteiger partial charge < -0.3 is 9.64 Å². The fourth-order valence-electron chi connectivity index (χ4n) is 3.30. The zero-order valence-corrected chi connectivity index (χ0v) is 16.6. The van der Waals surface area contributed by atoms with Crippen molar-refractivity contribution in [3.05, 3.63) is 102 Å². The monoisotopic (exact) mass is 374 g/mol. The van der Waals surface area contributed by atoms with E-state index in [1.165, 1.54) is 27.2 Å². The predicted molar refractivity (Wildman–Crippen MR) is 120 cm³/mol. The minimum absolute atomic E-state index is 0.319. The smallest absolute Gasteiger partial charge is 0.119 e. The lowest BCUT2D eigenvalue weighted by atomic mass is 9.88. The molecule has 144 valence electrons. The molecular weight excluding hydrogens is 342 g/mol. The average molecular weight is 375 g/mol. The fourth-order valence-corrected chi connectivity index (χ4v) is 3.30. The van der Waals surface area contributed by atoms with E-state index in [1.807, 2.05) is 24.3 Å². The third kappa shape index (κ3) is 5.11. The lowest BCUT2D eigenvalue weighted by Crippen LogP contribution is -2.19. The molecule has 0 aliphatic rings. The minimum Gasteiger partial charge on any atom is -0.492 e. The van der Waals surface area contributed by atoms with Crippen LogP contribution in [0.3, 0.4) is 0 Å². The quantitative estimate of drug-likeness (QED) is 0.449. The highest BCUT2D eigenvalue weighted by molar-refractivity contribution is 5.98. The molecule has 2 nitrogen and oxygen atoms in total. The Labute approximate surface area is 173 Å². The molecule has 3 aromatic rings. The van der Waals surface area contributed by atoms with Gasteiger partial charge in [-0.1, -0.05) is 79.7 Å². The standard InChI is InChI=1S/C26H29NO/c1-4-25(21-11-7-5-8-12-21)26(22-13-9-6-10-14-22)23-15-17-24(18-16-23)28-20-19-27(2)3/h5-18H,4,19-20H2,1-3H3/b26-25-/i2D3. The summed E-state index contributed by atoms with van der Waals surface area (Å²) in [5.41, 5.74) is 6.02. The molecule has 0 fully saturated rings. The molecule has 0 saturated carbocycles. The van der Waals surface area contributed by atoms with Crippen molar-refractivity contribution in [1.29, 1.82) is 0 Å². The van der Waals surface area contributed by atoms with E-state index in [0.29, 0.717) is 13.2 Å². The second-order valence-electron chi connectivity index (χ2n) is 6.73. The van der Waals surface area contributed by atoms with Crippen molar-refractivity contribution >= 4 is 11.1 Å². The van der Waals surface area contributed by atoms with Gasteiger partial charge in [-0.25, -0.2) is 0 Å². The number of allylic oxidation sites excluding steroid dienone is 1. The van der Waals surface area contributed by atoms with Gasteiger partial charge in [-0.2, -0.15) is 0 Å². The molecule has 28 heavy (non-hydrogen) atoms. The Bertz CT molecular complexity index is 981. The number of nitrogens with zero attached hydrogens (tertiary/aromatic N) is 1. The van der Waals surface area contributed by atoms with Crippen molar-refractivity contribution in [1.82, 2.24) is 4.90 Å². The molecule has 0 unspecified atom stereocenters. The first-order chi connectivity index (χ1) is 14.9. The van der Waals surface area contributed by atoms with E-state index in [9.17, 15) is 0 Å². The summed E-state index contributed by atoms with van der Waals surface area (Å²) in [5.74, 6) is 0.730. The Hall–Kier alpha value is -2.84. The third-order valence-corrected chi connectivity index (χ3v) is 4.68. The Kier molecular flexibility index (Phi) is 5.71. The van der Waals surface area contributed by atoms with Crippen molar-refractivity contribution in [3.8, 4) is 5.75 Å². The summed E-state index contributed by atoms with van der Waals surface area (Å²) in [6.07, 6.45) is 0.911. The van der Waals surface area contributed by atoms with Gasteiger partial charge >= 0.3 is 0 Å². The van der Waals surface area contributed by atoms with Crippen molar-refractivity contribution < 1.29 is 8.85 Å². The molecule has 0 atom stereocenters. The Morgan fingerprint density at radius 3 is 1.96 bits per heavy atom. The molecule has 0 saturated heterocycles. The minimum atomic E-state index is -2.10. The van der Waals surface area contributed by atoms with E-state index >= 15 is 0 Å². The highest BCUT2D eigenvalue weighted by Gasteiger charge is 2.12. The van der Waals surface area contributed by atoms with Crippen LogP contribution in [0.4, 0.5) is 0 Å². The summed E-state index contributed by atoms with van der Waals surface area (Å²) in [7, 11) is 1.58. The van der Waals surface area contributed by atoms with Gasteiger partial charge in [-0.3, -0.25) is 0 Å². The summed E-state index contributed by atoms with van der Waals surface area (Å²) in [4.78, 5) is 1.31. The van der Waals surface area contributed by atoms with Gasteiger partial charge in [0.25, 0.3) is 0 Å². The molecular formula is C26H29NO. The first kappa shape index (κ1) is 16.1. The van der Waals surface area contributed by atoms with Crippen LogP contribution >= 0.6 is 0 Å². The van der Waals surface area contributed by atoms with Crippen molar-refractivity contribution in [2.24, 2.45) is 0 Å². The predicted octanol–water partition coefficient (Wildman–Crippen LogP) is 6.00. The van der Waals surface area contributed by atoms with Crippen molar-refractivity contribution in [3.63, 3.8) is 0 Å². The van der Waals surface area contributed by atoms with Crippen LogP contribution in [0.25, 0.3) is 11.1 Å². The molecule has 0 radical (unpaired) electrons. The van der Waals surface area contributed by atoms with E-state index in [4.69, 9.17) is 8.85 Å². The highest BCUT2D eigenvalue weighted by Crippen LogP contribution is 2.34. The molecule has 0 aromatic heterocycles. The molecule has 0 amide bonds. The van der Waals surface area contributed by atoms with Crippen LogP contribution in [-0.4, -0.2) is 32.1 Å². The van der Waals surface area contributed by atoms with Crippen LogP contribution in [0.2, 0.25) is 0 Å². The van der Waals surface area contributed by atoms with Gasteiger partial charge in [0.05, 0.1) is 0 Å². The Morgan fingerprint density at radius 1 is 0.821 bits per heavy atom. The molecule has 0 aliphatic heterocycles. The van der Waals surface area contributed by atoms with Gasteiger partial charge in [0.2, 0.25) is 0 Å².